The fourth-order valence-electron chi connectivity index (χ4n) is 4.02. The first-order valence-corrected chi connectivity index (χ1v) is 11.7. The number of aromatic hydroxyl groups is 1. The van der Waals surface area contributed by atoms with Crippen LogP contribution in [0.2, 0.25) is 0 Å². The zero-order valence-electron chi connectivity index (χ0n) is 18.0. The summed E-state index contributed by atoms with van der Waals surface area (Å²) in [5.74, 6) is 0.466. The Morgan fingerprint density at radius 2 is 2.03 bits per heavy atom. The molecular formula is C25H23FN4O2S. The molecule has 0 radical (unpaired) electrons. The number of carbonyl (C=O) groups is 1. The summed E-state index contributed by atoms with van der Waals surface area (Å²) >= 11 is 1.58. The highest BCUT2D eigenvalue weighted by atomic mass is 32.2. The van der Waals surface area contributed by atoms with Crippen LogP contribution in [0.5, 0.6) is 5.75 Å². The Labute approximate surface area is 195 Å². The van der Waals surface area contributed by atoms with Crippen molar-refractivity contribution >= 4 is 17.7 Å². The molecule has 4 aromatic rings. The number of thioether (sulfide) groups is 1. The third-order valence-corrected chi connectivity index (χ3v) is 7.05. The largest absolute Gasteiger partial charge is 0.508 e. The predicted molar refractivity (Wildman–Crippen MR) is 127 cm³/mol. The number of H-pyrrole nitrogens is 1. The van der Waals surface area contributed by atoms with Gasteiger partial charge in [-0.05, 0) is 66.9 Å². The van der Waals surface area contributed by atoms with E-state index in [4.69, 9.17) is 5.10 Å². The Morgan fingerprint density at radius 3 is 2.76 bits per heavy atom. The zero-order valence-corrected chi connectivity index (χ0v) is 18.8. The number of phenolic OH excluding ortho intramolecular Hbond substituents is 1. The number of aromatic nitrogens is 3. The minimum absolute atomic E-state index is 0.0894. The van der Waals surface area contributed by atoms with Gasteiger partial charge in [-0.25, -0.2) is 9.07 Å². The molecule has 0 aliphatic carbocycles. The third kappa shape index (κ3) is 4.26. The number of nitrogens with one attached hydrogen (secondary N) is 1. The Balaban J connectivity index is 1.49. The lowest BCUT2D eigenvalue weighted by Crippen LogP contribution is -2.30. The highest BCUT2D eigenvalue weighted by molar-refractivity contribution is 8.00. The van der Waals surface area contributed by atoms with Crippen molar-refractivity contribution < 1.29 is 14.3 Å². The van der Waals surface area contributed by atoms with E-state index in [2.05, 4.69) is 4.98 Å². The normalized spacial score (nSPS) is 16.0. The van der Waals surface area contributed by atoms with Crippen LogP contribution in [0.4, 0.5) is 4.39 Å². The van der Waals surface area contributed by atoms with Gasteiger partial charge >= 0.3 is 0 Å². The van der Waals surface area contributed by atoms with E-state index in [0.29, 0.717) is 24.3 Å². The van der Waals surface area contributed by atoms with Gasteiger partial charge in [0.2, 0.25) is 5.91 Å². The van der Waals surface area contributed by atoms with Crippen LogP contribution in [0, 0.1) is 12.7 Å². The highest BCUT2D eigenvalue weighted by Crippen LogP contribution is 2.42. The number of nitrogens with zero attached hydrogens (tertiary/aromatic N) is 3. The standard InChI is InChI=1S/C25H23FN4O2S/c1-16-13-18(6-9-21(16)26)30-14-20(24(28-30)22-3-2-11-27-22)25-29(23(32)15-33-25)12-10-17-4-7-19(31)8-5-17/h2-9,11,13-14,25,27,31H,10,12,15H2,1H3/t25-/m1/s1. The number of phenols is 1. The smallest absolute Gasteiger partial charge is 0.233 e. The summed E-state index contributed by atoms with van der Waals surface area (Å²) in [4.78, 5) is 17.9. The molecule has 168 valence electrons. The van der Waals surface area contributed by atoms with Gasteiger partial charge in [0.15, 0.2) is 0 Å². The van der Waals surface area contributed by atoms with Crippen LogP contribution in [0.3, 0.4) is 0 Å². The summed E-state index contributed by atoms with van der Waals surface area (Å²) in [6.45, 7) is 2.29. The number of carbonyl (C=O) groups excluding carboxylic acids is 1. The van der Waals surface area contributed by atoms with Crippen LogP contribution < -0.4 is 0 Å². The van der Waals surface area contributed by atoms with E-state index in [1.165, 1.54) is 6.07 Å². The third-order valence-electron chi connectivity index (χ3n) is 5.81. The molecule has 2 N–H and O–H groups in total. The average Bonchev–Trinajstić information content (AvgIpc) is 3.55. The van der Waals surface area contributed by atoms with Gasteiger partial charge in [0.05, 0.1) is 17.1 Å². The van der Waals surface area contributed by atoms with Gasteiger partial charge in [-0.2, -0.15) is 5.10 Å². The van der Waals surface area contributed by atoms with Crippen LogP contribution >= 0.6 is 11.8 Å². The van der Waals surface area contributed by atoms with Gasteiger partial charge in [0.25, 0.3) is 0 Å². The van der Waals surface area contributed by atoms with Crippen molar-refractivity contribution in [3.8, 4) is 22.8 Å². The molecule has 0 saturated carbocycles. The van der Waals surface area contributed by atoms with E-state index in [1.54, 1.807) is 47.6 Å². The second-order valence-electron chi connectivity index (χ2n) is 8.06. The number of hydrogen-bond donors (Lipinski definition) is 2. The van der Waals surface area contributed by atoms with Crippen LogP contribution in [-0.4, -0.2) is 43.0 Å². The topological polar surface area (TPSA) is 74.2 Å². The summed E-state index contributed by atoms with van der Waals surface area (Å²) in [6, 6.07) is 15.8. The van der Waals surface area contributed by atoms with Gasteiger partial charge < -0.3 is 15.0 Å². The van der Waals surface area contributed by atoms with Crippen molar-refractivity contribution in [3.63, 3.8) is 0 Å². The summed E-state index contributed by atoms with van der Waals surface area (Å²) in [5.41, 5.74) is 4.92. The number of halogens is 1. The molecule has 1 saturated heterocycles. The van der Waals surface area contributed by atoms with Crippen molar-refractivity contribution in [1.29, 1.82) is 0 Å². The number of aryl methyl sites for hydroxylation is 1. The lowest BCUT2D eigenvalue weighted by Gasteiger charge is -2.24. The molecule has 6 nitrogen and oxygen atoms in total. The minimum atomic E-state index is -0.256. The van der Waals surface area contributed by atoms with Gasteiger partial charge in [-0.3, -0.25) is 4.79 Å². The Morgan fingerprint density at radius 1 is 1.21 bits per heavy atom. The van der Waals surface area contributed by atoms with Gasteiger partial charge in [-0.15, -0.1) is 11.8 Å². The molecule has 0 bridgehead atoms. The first kappa shape index (κ1) is 21.3. The molecule has 3 heterocycles. The number of aromatic amines is 1. The summed E-state index contributed by atoms with van der Waals surface area (Å²) in [5, 5.41) is 14.1. The second kappa shape index (κ2) is 8.78. The van der Waals surface area contributed by atoms with Crippen molar-refractivity contribution in [2.45, 2.75) is 18.7 Å². The van der Waals surface area contributed by atoms with Gasteiger partial charge in [0, 0.05) is 24.5 Å². The van der Waals surface area contributed by atoms with Crippen LogP contribution in [0.25, 0.3) is 17.1 Å². The van der Waals surface area contributed by atoms with Gasteiger partial charge in [-0.1, -0.05) is 12.1 Å². The van der Waals surface area contributed by atoms with E-state index in [-0.39, 0.29) is 22.8 Å². The number of hydrogen-bond acceptors (Lipinski definition) is 4. The van der Waals surface area contributed by atoms with Crippen molar-refractivity contribution in [2.75, 3.05) is 12.3 Å². The molecule has 2 aromatic carbocycles. The summed E-state index contributed by atoms with van der Waals surface area (Å²) in [6.07, 6.45) is 4.47. The summed E-state index contributed by atoms with van der Waals surface area (Å²) < 4.78 is 15.6. The Kier molecular flexibility index (Phi) is 5.68. The number of amides is 1. The molecule has 8 heteroatoms. The second-order valence-corrected chi connectivity index (χ2v) is 9.13. The van der Waals surface area contributed by atoms with Crippen molar-refractivity contribution in [1.82, 2.24) is 19.7 Å². The van der Waals surface area contributed by atoms with E-state index in [1.807, 2.05) is 41.6 Å². The maximum Gasteiger partial charge on any atom is 0.233 e. The monoisotopic (exact) mass is 462 g/mol. The van der Waals surface area contributed by atoms with Crippen molar-refractivity contribution in [2.24, 2.45) is 0 Å². The van der Waals surface area contributed by atoms with Gasteiger partial charge in [0.1, 0.15) is 22.6 Å². The SMILES string of the molecule is Cc1cc(-n2cc([C@H]3SCC(=O)N3CCc3ccc(O)cc3)c(-c3ccc[nH]3)n2)ccc1F. The number of benzene rings is 2. The highest BCUT2D eigenvalue weighted by Gasteiger charge is 2.35. The quantitative estimate of drug-likeness (QED) is 0.430. The van der Waals surface area contributed by atoms with E-state index < -0.39 is 0 Å². The molecule has 1 aliphatic rings. The maximum absolute atomic E-state index is 13.8. The van der Waals surface area contributed by atoms with Crippen molar-refractivity contribution in [3.05, 3.63) is 89.5 Å². The molecule has 1 amide bonds. The Bertz CT molecular complexity index is 1280. The molecule has 5 rings (SSSR count). The van der Waals surface area contributed by atoms with Crippen LogP contribution in [0.1, 0.15) is 22.1 Å². The molecule has 2 aromatic heterocycles. The fraction of sp³-hybridized carbons (Fsp3) is 0.200. The van der Waals surface area contributed by atoms with E-state index in [9.17, 15) is 14.3 Å². The minimum Gasteiger partial charge on any atom is -0.508 e. The zero-order chi connectivity index (χ0) is 22.9. The lowest BCUT2D eigenvalue weighted by molar-refractivity contribution is -0.128. The average molecular weight is 463 g/mol. The molecule has 1 atom stereocenters. The first-order valence-electron chi connectivity index (χ1n) is 10.7. The molecular weight excluding hydrogens is 439 g/mol. The molecule has 1 fully saturated rings. The Hall–Kier alpha value is -3.52. The number of rotatable bonds is 6. The van der Waals surface area contributed by atoms with E-state index in [0.717, 1.165) is 28.2 Å². The maximum atomic E-state index is 13.8. The van der Waals surface area contributed by atoms with Crippen LogP contribution in [0.15, 0.2) is 67.0 Å². The summed E-state index contributed by atoms with van der Waals surface area (Å²) in [7, 11) is 0. The molecule has 33 heavy (non-hydrogen) atoms. The first-order chi connectivity index (χ1) is 16.0. The molecule has 0 unspecified atom stereocenters. The fourth-order valence-corrected chi connectivity index (χ4v) is 5.25. The lowest BCUT2D eigenvalue weighted by atomic mass is 10.1. The van der Waals surface area contributed by atoms with E-state index >= 15 is 0 Å². The van der Waals surface area contributed by atoms with Crippen LogP contribution in [-0.2, 0) is 11.2 Å². The molecule has 0 spiro atoms. The predicted octanol–water partition coefficient (Wildman–Crippen LogP) is 4.84. The molecule has 1 aliphatic heterocycles.